The first kappa shape index (κ1) is 17.2. The molecule has 0 spiro atoms. The maximum atomic E-state index is 5.39. The van der Waals surface area contributed by atoms with Crippen LogP contribution >= 0.6 is 7.92 Å². The van der Waals surface area contributed by atoms with Crippen molar-refractivity contribution in [2.45, 2.75) is 13.8 Å². The first-order valence-corrected chi connectivity index (χ1v) is 9.27. The second-order valence-corrected chi connectivity index (χ2v) is 6.93. The molecule has 23 heavy (non-hydrogen) atoms. The minimum atomic E-state index is -0.548. The van der Waals surface area contributed by atoms with E-state index in [2.05, 4.69) is 78.9 Å². The summed E-state index contributed by atoms with van der Waals surface area (Å²) >= 11 is 0. The third-order valence-electron chi connectivity index (χ3n) is 3.34. The van der Waals surface area contributed by atoms with E-state index in [1.165, 1.54) is 15.9 Å². The molecular weight excluding hydrogens is 299 g/mol. The molecule has 3 aromatic carbocycles. The van der Waals surface area contributed by atoms with Crippen LogP contribution in [0.4, 0.5) is 0 Å². The van der Waals surface area contributed by atoms with Gasteiger partial charge in [-0.25, -0.2) is 0 Å². The summed E-state index contributed by atoms with van der Waals surface area (Å²) in [5, 5.41) is 4.01. The van der Waals surface area contributed by atoms with Crippen molar-refractivity contribution >= 4 is 23.8 Å². The van der Waals surface area contributed by atoms with E-state index in [1.54, 1.807) is 7.11 Å². The van der Waals surface area contributed by atoms with Gasteiger partial charge >= 0.3 is 0 Å². The fourth-order valence-corrected chi connectivity index (χ4v) is 4.68. The van der Waals surface area contributed by atoms with Gasteiger partial charge in [0.25, 0.3) is 0 Å². The van der Waals surface area contributed by atoms with Crippen molar-refractivity contribution in [1.82, 2.24) is 0 Å². The van der Waals surface area contributed by atoms with Crippen LogP contribution in [0.25, 0.3) is 0 Å². The van der Waals surface area contributed by atoms with Crippen LogP contribution in [-0.2, 0) is 0 Å². The van der Waals surface area contributed by atoms with Gasteiger partial charge in [0.2, 0.25) is 0 Å². The highest BCUT2D eigenvalue weighted by atomic mass is 31.1. The lowest BCUT2D eigenvalue weighted by Crippen LogP contribution is -2.20. The molecule has 0 fully saturated rings. The number of benzene rings is 3. The van der Waals surface area contributed by atoms with Crippen molar-refractivity contribution in [3.8, 4) is 5.75 Å². The molecule has 0 heterocycles. The fraction of sp³-hybridized carbons (Fsp3) is 0.143. The van der Waals surface area contributed by atoms with E-state index in [1.807, 2.05) is 19.9 Å². The SMILES string of the molecule is CC.COc1cccc(P(c2ccccc2)c2ccccc2)c1. The molecule has 0 atom stereocenters. The van der Waals surface area contributed by atoms with Crippen molar-refractivity contribution < 1.29 is 4.74 Å². The lowest BCUT2D eigenvalue weighted by molar-refractivity contribution is 0.415. The molecule has 0 aliphatic rings. The molecule has 2 heteroatoms. The molecule has 0 aliphatic heterocycles. The third kappa shape index (κ3) is 4.43. The Labute approximate surface area is 140 Å². The molecule has 3 rings (SSSR count). The van der Waals surface area contributed by atoms with E-state index < -0.39 is 7.92 Å². The highest BCUT2D eigenvalue weighted by Gasteiger charge is 2.16. The smallest absolute Gasteiger partial charge is 0.119 e. The zero-order chi connectivity index (χ0) is 16.5. The molecule has 0 N–H and O–H groups in total. The quantitative estimate of drug-likeness (QED) is 0.644. The summed E-state index contributed by atoms with van der Waals surface area (Å²) in [5.41, 5.74) is 0. The molecule has 0 saturated heterocycles. The summed E-state index contributed by atoms with van der Waals surface area (Å²) in [4.78, 5) is 0. The minimum Gasteiger partial charge on any atom is -0.497 e. The predicted molar refractivity (Wildman–Crippen MR) is 103 cm³/mol. The van der Waals surface area contributed by atoms with Gasteiger partial charge in [-0.2, -0.15) is 0 Å². The Morgan fingerprint density at radius 2 is 1.09 bits per heavy atom. The third-order valence-corrected chi connectivity index (χ3v) is 5.76. The van der Waals surface area contributed by atoms with Crippen molar-refractivity contribution in [2.75, 3.05) is 7.11 Å². The molecule has 3 aromatic rings. The van der Waals surface area contributed by atoms with Crippen molar-refractivity contribution in [3.05, 3.63) is 84.9 Å². The summed E-state index contributed by atoms with van der Waals surface area (Å²) in [5.74, 6) is 0.909. The number of methoxy groups -OCH3 is 1. The highest BCUT2D eigenvalue weighted by Crippen LogP contribution is 2.33. The summed E-state index contributed by atoms with van der Waals surface area (Å²) in [6.45, 7) is 4.00. The van der Waals surface area contributed by atoms with Gasteiger partial charge in [-0.1, -0.05) is 86.6 Å². The van der Waals surface area contributed by atoms with Crippen molar-refractivity contribution in [2.24, 2.45) is 0 Å². The van der Waals surface area contributed by atoms with E-state index >= 15 is 0 Å². The van der Waals surface area contributed by atoms with Gasteiger partial charge in [0.05, 0.1) is 7.11 Å². The van der Waals surface area contributed by atoms with Crippen LogP contribution in [-0.4, -0.2) is 7.11 Å². The molecule has 0 radical (unpaired) electrons. The van der Waals surface area contributed by atoms with Crippen LogP contribution in [0.3, 0.4) is 0 Å². The summed E-state index contributed by atoms with van der Waals surface area (Å²) in [7, 11) is 1.17. The Kier molecular flexibility index (Phi) is 6.84. The number of hydrogen-bond donors (Lipinski definition) is 0. The second-order valence-electron chi connectivity index (χ2n) is 4.71. The van der Waals surface area contributed by atoms with Gasteiger partial charge < -0.3 is 4.74 Å². The van der Waals surface area contributed by atoms with E-state index in [-0.39, 0.29) is 0 Å². The Balaban J connectivity index is 0.000000924. The first-order chi connectivity index (χ1) is 11.4. The molecule has 0 aromatic heterocycles. The summed E-state index contributed by atoms with van der Waals surface area (Å²) in [6, 6.07) is 29.8. The van der Waals surface area contributed by atoms with Crippen LogP contribution in [0.5, 0.6) is 5.75 Å². The molecule has 0 saturated carbocycles. The molecule has 0 unspecified atom stereocenters. The van der Waals surface area contributed by atoms with Gasteiger partial charge in [-0.15, -0.1) is 0 Å². The largest absolute Gasteiger partial charge is 0.497 e. The van der Waals surface area contributed by atoms with Gasteiger partial charge in [-0.05, 0) is 36.0 Å². The van der Waals surface area contributed by atoms with Crippen LogP contribution < -0.4 is 20.7 Å². The van der Waals surface area contributed by atoms with Gasteiger partial charge in [0.1, 0.15) is 5.75 Å². The van der Waals surface area contributed by atoms with Crippen molar-refractivity contribution in [3.63, 3.8) is 0 Å². The maximum absolute atomic E-state index is 5.39. The van der Waals surface area contributed by atoms with Gasteiger partial charge in [0, 0.05) is 0 Å². The topological polar surface area (TPSA) is 9.23 Å². The van der Waals surface area contributed by atoms with Crippen LogP contribution in [0.15, 0.2) is 84.9 Å². The van der Waals surface area contributed by atoms with Crippen molar-refractivity contribution in [1.29, 1.82) is 0 Å². The summed E-state index contributed by atoms with van der Waals surface area (Å²) in [6.07, 6.45) is 0. The van der Waals surface area contributed by atoms with Crippen LogP contribution in [0.1, 0.15) is 13.8 Å². The molecule has 0 aliphatic carbocycles. The Bertz CT molecular complexity index is 656. The van der Waals surface area contributed by atoms with E-state index in [0.717, 1.165) is 5.75 Å². The lowest BCUT2D eigenvalue weighted by Gasteiger charge is -2.19. The number of ether oxygens (including phenoxy) is 1. The fourth-order valence-electron chi connectivity index (χ4n) is 2.35. The van der Waals surface area contributed by atoms with Gasteiger partial charge in [-0.3, -0.25) is 0 Å². The Morgan fingerprint density at radius 1 is 0.609 bits per heavy atom. The van der Waals surface area contributed by atoms with E-state index in [9.17, 15) is 0 Å². The standard InChI is InChI=1S/C19H17OP.C2H6/c1-20-16-9-8-14-19(15-16)21(17-10-4-2-5-11-17)18-12-6-3-7-13-18;1-2/h2-15H,1H3;1-2H3. The Morgan fingerprint density at radius 3 is 1.57 bits per heavy atom. The van der Waals surface area contributed by atoms with E-state index in [0.29, 0.717) is 0 Å². The maximum Gasteiger partial charge on any atom is 0.119 e. The zero-order valence-corrected chi connectivity index (χ0v) is 14.8. The number of hydrogen-bond acceptors (Lipinski definition) is 1. The van der Waals surface area contributed by atoms with Crippen LogP contribution in [0, 0.1) is 0 Å². The average molecular weight is 322 g/mol. The molecule has 1 nitrogen and oxygen atoms in total. The minimum absolute atomic E-state index is 0.548. The molecular formula is C21H23OP. The molecule has 0 bridgehead atoms. The first-order valence-electron chi connectivity index (χ1n) is 7.93. The normalized spacial score (nSPS) is 9.91. The predicted octanol–water partition coefficient (Wildman–Crippen LogP) is 4.48. The zero-order valence-electron chi connectivity index (χ0n) is 13.9. The highest BCUT2D eigenvalue weighted by molar-refractivity contribution is 7.79. The lowest BCUT2D eigenvalue weighted by atomic mass is 10.3. The summed E-state index contributed by atoms with van der Waals surface area (Å²) < 4.78 is 5.39. The van der Waals surface area contributed by atoms with Crippen LogP contribution in [0.2, 0.25) is 0 Å². The van der Waals surface area contributed by atoms with E-state index in [4.69, 9.17) is 4.74 Å². The average Bonchev–Trinajstić information content (AvgIpc) is 2.66. The second kappa shape index (κ2) is 9.12. The molecule has 0 amide bonds. The number of rotatable bonds is 4. The van der Waals surface area contributed by atoms with Gasteiger partial charge in [0.15, 0.2) is 0 Å². The molecule has 118 valence electrons. The monoisotopic (exact) mass is 322 g/mol. The Hall–Kier alpha value is -2.11.